The van der Waals surface area contributed by atoms with Crippen LogP contribution in [0.1, 0.15) is 23.7 Å². The number of fused-ring (bicyclic) bond motifs is 1. The van der Waals surface area contributed by atoms with Crippen molar-refractivity contribution < 1.29 is 0 Å². The van der Waals surface area contributed by atoms with E-state index in [-0.39, 0.29) is 6.04 Å². The monoisotopic (exact) mass is 200 g/mol. The fraction of sp³-hybridized carbons (Fsp3) is 0.231. The van der Waals surface area contributed by atoms with Crippen LogP contribution in [-0.2, 0) is 0 Å². The summed E-state index contributed by atoms with van der Waals surface area (Å²) in [6.45, 7) is 5.80. The van der Waals surface area contributed by atoms with E-state index in [9.17, 15) is 0 Å². The van der Waals surface area contributed by atoms with Crippen LogP contribution in [0.2, 0.25) is 0 Å². The zero-order valence-corrected chi connectivity index (χ0v) is 8.96. The number of para-hydroxylation sites is 1. The average Bonchev–Trinajstić information content (AvgIpc) is 2.54. The van der Waals surface area contributed by atoms with Crippen LogP contribution in [0.5, 0.6) is 0 Å². The first-order valence-corrected chi connectivity index (χ1v) is 5.17. The van der Waals surface area contributed by atoms with Crippen molar-refractivity contribution in [1.29, 1.82) is 0 Å². The van der Waals surface area contributed by atoms with Gasteiger partial charge in [0.1, 0.15) is 0 Å². The molecule has 0 spiro atoms. The van der Waals surface area contributed by atoms with Gasteiger partial charge in [-0.05, 0) is 25.0 Å². The molecule has 2 aromatic rings. The van der Waals surface area contributed by atoms with Crippen LogP contribution in [0.25, 0.3) is 10.9 Å². The minimum absolute atomic E-state index is 0.0404. The van der Waals surface area contributed by atoms with Crippen LogP contribution in [0.3, 0.4) is 0 Å². The van der Waals surface area contributed by atoms with Crippen molar-refractivity contribution in [2.75, 3.05) is 0 Å². The second-order valence-electron chi connectivity index (χ2n) is 3.84. The molecular formula is C13H16N2. The Morgan fingerprint density at radius 2 is 2.20 bits per heavy atom. The van der Waals surface area contributed by atoms with E-state index < -0.39 is 0 Å². The molecule has 0 fully saturated rings. The third kappa shape index (κ3) is 1.68. The van der Waals surface area contributed by atoms with Gasteiger partial charge in [0.15, 0.2) is 0 Å². The predicted molar refractivity (Wildman–Crippen MR) is 64.8 cm³/mol. The number of aryl methyl sites for hydroxylation is 1. The van der Waals surface area contributed by atoms with Gasteiger partial charge in [0, 0.05) is 22.6 Å². The van der Waals surface area contributed by atoms with E-state index in [1.165, 1.54) is 10.9 Å². The molecule has 0 aliphatic heterocycles. The van der Waals surface area contributed by atoms with Gasteiger partial charge in [-0.1, -0.05) is 24.3 Å². The van der Waals surface area contributed by atoms with Gasteiger partial charge in [0.2, 0.25) is 0 Å². The lowest BCUT2D eigenvalue weighted by Crippen LogP contribution is -2.09. The molecule has 0 aliphatic carbocycles. The normalized spacial score (nSPS) is 12.9. The molecule has 78 valence electrons. The summed E-state index contributed by atoms with van der Waals surface area (Å²) in [7, 11) is 0. The van der Waals surface area contributed by atoms with Gasteiger partial charge < -0.3 is 10.7 Å². The molecule has 1 atom stereocenters. The lowest BCUT2D eigenvalue weighted by molar-refractivity contribution is 0.741. The highest BCUT2D eigenvalue weighted by Gasteiger charge is 2.13. The van der Waals surface area contributed by atoms with Crippen molar-refractivity contribution in [2.24, 2.45) is 5.73 Å². The van der Waals surface area contributed by atoms with E-state index in [1.54, 1.807) is 0 Å². The zero-order valence-electron chi connectivity index (χ0n) is 8.96. The third-order valence-corrected chi connectivity index (χ3v) is 2.73. The Morgan fingerprint density at radius 3 is 2.93 bits per heavy atom. The van der Waals surface area contributed by atoms with Crippen LogP contribution >= 0.6 is 0 Å². The minimum atomic E-state index is 0.0404. The summed E-state index contributed by atoms with van der Waals surface area (Å²) in [6, 6.07) is 8.29. The number of aromatic amines is 1. The number of nitrogens with two attached hydrogens (primary N) is 1. The molecule has 0 radical (unpaired) electrons. The van der Waals surface area contributed by atoms with E-state index in [4.69, 9.17) is 5.73 Å². The molecule has 2 rings (SSSR count). The number of H-pyrrole nitrogens is 1. The van der Waals surface area contributed by atoms with E-state index >= 15 is 0 Å². The number of rotatable bonds is 3. The molecule has 1 heterocycles. The predicted octanol–water partition coefficient (Wildman–Crippen LogP) is 3.05. The maximum atomic E-state index is 6.13. The van der Waals surface area contributed by atoms with E-state index in [2.05, 4.69) is 30.6 Å². The molecule has 15 heavy (non-hydrogen) atoms. The average molecular weight is 200 g/mol. The lowest BCUT2D eigenvalue weighted by atomic mass is 10.0. The first-order chi connectivity index (χ1) is 7.24. The Labute approximate surface area is 89.8 Å². The fourth-order valence-corrected chi connectivity index (χ4v) is 2.07. The Hall–Kier alpha value is -1.54. The molecule has 3 N–H and O–H groups in total. The highest BCUT2D eigenvalue weighted by Crippen LogP contribution is 2.28. The molecule has 1 aromatic carbocycles. The second kappa shape index (κ2) is 3.91. The number of benzene rings is 1. The molecule has 2 heteroatoms. The maximum Gasteiger partial charge on any atom is 0.0459 e. The maximum absolute atomic E-state index is 6.13. The van der Waals surface area contributed by atoms with Gasteiger partial charge >= 0.3 is 0 Å². The Balaban J connectivity index is 2.58. The highest BCUT2D eigenvalue weighted by molar-refractivity contribution is 5.85. The van der Waals surface area contributed by atoms with Crippen molar-refractivity contribution >= 4 is 10.9 Å². The Kier molecular flexibility index (Phi) is 2.60. The molecule has 0 saturated carbocycles. The van der Waals surface area contributed by atoms with E-state index in [0.717, 1.165) is 17.6 Å². The summed E-state index contributed by atoms with van der Waals surface area (Å²) in [6.07, 6.45) is 2.68. The van der Waals surface area contributed by atoms with E-state index in [0.29, 0.717) is 0 Å². The van der Waals surface area contributed by atoms with Gasteiger partial charge in [-0.2, -0.15) is 0 Å². The highest BCUT2D eigenvalue weighted by atomic mass is 14.7. The molecule has 1 aromatic heterocycles. The van der Waals surface area contributed by atoms with Crippen molar-refractivity contribution in [3.05, 3.63) is 48.2 Å². The number of hydrogen-bond acceptors (Lipinski definition) is 1. The van der Waals surface area contributed by atoms with Crippen molar-refractivity contribution in [1.82, 2.24) is 4.98 Å². The Bertz CT molecular complexity index is 482. The largest absolute Gasteiger partial charge is 0.358 e. The summed E-state index contributed by atoms with van der Waals surface area (Å²) in [4.78, 5) is 3.35. The first-order valence-electron chi connectivity index (χ1n) is 5.17. The van der Waals surface area contributed by atoms with Crippen LogP contribution in [-0.4, -0.2) is 4.98 Å². The van der Waals surface area contributed by atoms with Crippen LogP contribution in [0.15, 0.2) is 36.9 Å². The van der Waals surface area contributed by atoms with Crippen LogP contribution in [0.4, 0.5) is 0 Å². The molecule has 0 amide bonds. The number of hydrogen-bond donors (Lipinski definition) is 2. The first kappa shape index (κ1) is 9.99. The Morgan fingerprint density at radius 1 is 1.47 bits per heavy atom. The van der Waals surface area contributed by atoms with Gasteiger partial charge in [0.05, 0.1) is 0 Å². The van der Waals surface area contributed by atoms with Crippen LogP contribution < -0.4 is 5.73 Å². The van der Waals surface area contributed by atoms with Crippen molar-refractivity contribution in [3.8, 4) is 0 Å². The van der Waals surface area contributed by atoms with Gasteiger partial charge in [-0.3, -0.25) is 0 Å². The molecule has 0 saturated heterocycles. The molecule has 0 bridgehead atoms. The van der Waals surface area contributed by atoms with Gasteiger partial charge in [0.25, 0.3) is 0 Å². The summed E-state index contributed by atoms with van der Waals surface area (Å²) < 4.78 is 0. The standard InChI is InChI=1S/C13H16N2/c1-3-6-11(14)13-9(2)15-12-8-5-4-7-10(12)13/h3-5,7-8,11,15H,1,6,14H2,2H3/t11-/m0/s1. The van der Waals surface area contributed by atoms with Gasteiger partial charge in [-0.25, -0.2) is 0 Å². The van der Waals surface area contributed by atoms with Crippen molar-refractivity contribution in [2.45, 2.75) is 19.4 Å². The third-order valence-electron chi connectivity index (χ3n) is 2.73. The number of nitrogens with one attached hydrogen (secondary N) is 1. The lowest BCUT2D eigenvalue weighted by Gasteiger charge is -2.09. The quantitative estimate of drug-likeness (QED) is 0.735. The summed E-state index contributed by atoms with van der Waals surface area (Å²) in [5, 5.41) is 1.23. The second-order valence-corrected chi connectivity index (χ2v) is 3.84. The van der Waals surface area contributed by atoms with Crippen molar-refractivity contribution in [3.63, 3.8) is 0 Å². The smallest absolute Gasteiger partial charge is 0.0459 e. The molecular weight excluding hydrogens is 184 g/mol. The zero-order chi connectivity index (χ0) is 10.8. The summed E-state index contributed by atoms with van der Waals surface area (Å²) >= 11 is 0. The summed E-state index contributed by atoms with van der Waals surface area (Å²) in [5.74, 6) is 0. The van der Waals surface area contributed by atoms with Gasteiger partial charge in [-0.15, -0.1) is 6.58 Å². The molecule has 0 aliphatic rings. The molecule has 0 unspecified atom stereocenters. The number of aromatic nitrogens is 1. The topological polar surface area (TPSA) is 41.8 Å². The minimum Gasteiger partial charge on any atom is -0.358 e. The van der Waals surface area contributed by atoms with E-state index in [1.807, 2.05) is 18.2 Å². The molecule has 2 nitrogen and oxygen atoms in total. The fourth-order valence-electron chi connectivity index (χ4n) is 2.07. The summed E-state index contributed by atoms with van der Waals surface area (Å²) in [5.41, 5.74) is 9.65. The SMILES string of the molecule is C=CC[C@H](N)c1c(C)[nH]c2ccccc12. The van der Waals surface area contributed by atoms with Crippen LogP contribution in [0, 0.1) is 6.92 Å².